The molecular weight excluding hydrogens is 185 g/mol. The second kappa shape index (κ2) is 7.04. The Kier molecular flexibility index (Phi) is 9.62. The van der Waals surface area contributed by atoms with Crippen molar-refractivity contribution in [2.75, 3.05) is 0 Å². The molecule has 0 bridgehead atoms. The van der Waals surface area contributed by atoms with E-state index in [1.165, 1.54) is 13.3 Å². The standard InChI is InChI=1S/C3H5N2O2.Y.2H2/c1-3(7)5-4-2-6;;;/h1H3,(H,4,6)(H,5,7);;2*1H/q-1;;;. The average molecular weight is 194 g/mol. The van der Waals surface area contributed by atoms with E-state index in [1.807, 2.05) is 10.9 Å². The third-order valence-electron chi connectivity index (χ3n) is 0.290. The monoisotopic (exact) mass is 194 g/mol. The van der Waals surface area contributed by atoms with Crippen molar-refractivity contribution >= 4 is 12.3 Å². The Balaban J connectivity index is -0.0000000600. The molecule has 1 radical (unpaired) electrons. The minimum atomic E-state index is -0.316. The molecule has 0 rings (SSSR count). The van der Waals surface area contributed by atoms with Crippen molar-refractivity contribution in [3.8, 4) is 0 Å². The molecule has 0 aromatic carbocycles. The third kappa shape index (κ3) is 9.40. The van der Waals surface area contributed by atoms with Gasteiger partial charge in [0.15, 0.2) is 0 Å². The number of rotatable bonds is 2. The fraction of sp³-hybridized carbons (Fsp3) is 0.333. The molecule has 0 unspecified atom stereocenters. The van der Waals surface area contributed by atoms with Gasteiger partial charge in [-0.3, -0.25) is 4.79 Å². The predicted octanol–water partition coefficient (Wildman–Crippen LogP) is -0.816. The molecule has 2 amide bonds. The van der Waals surface area contributed by atoms with E-state index >= 15 is 0 Å². The van der Waals surface area contributed by atoms with Crippen molar-refractivity contribution in [2.45, 2.75) is 6.92 Å². The molecule has 0 heterocycles. The zero-order valence-electron chi connectivity index (χ0n) is 4.39. The Morgan fingerprint density at radius 3 is 2.38 bits per heavy atom. The summed E-state index contributed by atoms with van der Waals surface area (Å²) in [7, 11) is 0. The molecular formula is C3H9N2O2Y-. The number of carbonyl (C=O) groups is 1. The summed E-state index contributed by atoms with van der Waals surface area (Å²) in [6, 6.07) is 0. The van der Waals surface area contributed by atoms with E-state index in [2.05, 4.69) is 0 Å². The molecule has 0 fully saturated rings. The van der Waals surface area contributed by atoms with Gasteiger partial charge in [-0.25, -0.2) is 0 Å². The molecule has 5 heteroatoms. The van der Waals surface area contributed by atoms with Crippen LogP contribution < -0.4 is 10.9 Å². The molecule has 0 aromatic rings. The quantitative estimate of drug-likeness (QED) is 0.343. The molecule has 2 N–H and O–H groups in total. The van der Waals surface area contributed by atoms with E-state index in [1.54, 1.807) is 0 Å². The first-order chi connectivity index (χ1) is 3.27. The summed E-state index contributed by atoms with van der Waals surface area (Å²) >= 11 is 0. The van der Waals surface area contributed by atoms with Gasteiger partial charge in [0.2, 0.25) is 5.91 Å². The van der Waals surface area contributed by atoms with Gasteiger partial charge in [-0.05, 0) is 0 Å². The smallest absolute Gasteiger partial charge is 0.232 e. The zero-order chi connectivity index (χ0) is 5.70. The first kappa shape index (κ1) is 10.9. The second-order valence-electron chi connectivity index (χ2n) is 0.908. The van der Waals surface area contributed by atoms with Crippen LogP contribution in [0.25, 0.3) is 0 Å². The average Bonchev–Trinajstić information content (AvgIpc) is 1.61. The summed E-state index contributed by atoms with van der Waals surface area (Å²) in [6.45, 7) is 1.28. The molecule has 8 heavy (non-hydrogen) atoms. The summed E-state index contributed by atoms with van der Waals surface area (Å²) < 4.78 is 0. The Hall–Kier alpha value is 0.0439. The maximum atomic E-state index is 9.85. The number of hydrazine groups is 1. The van der Waals surface area contributed by atoms with Gasteiger partial charge in [0, 0.05) is 42.5 Å². The summed E-state index contributed by atoms with van der Waals surface area (Å²) in [6.07, 6.45) is 1.27. The van der Waals surface area contributed by atoms with Crippen LogP contribution in [0.3, 0.4) is 0 Å². The van der Waals surface area contributed by atoms with Crippen LogP contribution in [0.15, 0.2) is 0 Å². The summed E-state index contributed by atoms with van der Waals surface area (Å²) in [5.74, 6) is -0.316. The first-order valence-electron chi connectivity index (χ1n) is 1.66. The molecule has 0 saturated carbocycles. The van der Waals surface area contributed by atoms with Crippen molar-refractivity contribution in [2.24, 2.45) is 0 Å². The van der Waals surface area contributed by atoms with Crippen LogP contribution in [0.1, 0.15) is 9.78 Å². The van der Waals surface area contributed by atoms with E-state index < -0.39 is 0 Å². The number of nitrogens with one attached hydrogen (secondary N) is 2. The second-order valence-corrected chi connectivity index (χ2v) is 0.908. The van der Waals surface area contributed by atoms with Gasteiger partial charge in [0.05, 0.1) is 0 Å². The van der Waals surface area contributed by atoms with Crippen LogP contribution in [-0.4, -0.2) is 12.3 Å². The summed E-state index contributed by atoms with van der Waals surface area (Å²) in [5, 5.41) is 0. The first-order valence-corrected chi connectivity index (χ1v) is 1.66. The van der Waals surface area contributed by atoms with Crippen molar-refractivity contribution < 1.29 is 45.2 Å². The molecule has 47 valence electrons. The van der Waals surface area contributed by atoms with E-state index in [-0.39, 0.29) is 41.5 Å². The Bertz CT molecular complexity index is 92.6. The van der Waals surface area contributed by atoms with E-state index in [0.29, 0.717) is 0 Å². The number of hydrogen-bond acceptors (Lipinski definition) is 2. The van der Waals surface area contributed by atoms with Gasteiger partial charge in [-0.1, -0.05) is 0 Å². The normalized spacial score (nSPS) is 6.12. The Morgan fingerprint density at radius 1 is 1.75 bits per heavy atom. The van der Waals surface area contributed by atoms with E-state index in [0.717, 1.165) is 0 Å². The van der Waals surface area contributed by atoms with Crippen LogP contribution in [0.2, 0.25) is 0 Å². The third-order valence-corrected chi connectivity index (χ3v) is 0.290. The summed E-state index contributed by atoms with van der Waals surface area (Å²) in [5.41, 5.74) is 3.83. The van der Waals surface area contributed by atoms with Gasteiger partial charge in [-0.15, -0.1) is 6.41 Å². The minimum Gasteiger partial charge on any atom is -0.518 e. The van der Waals surface area contributed by atoms with Crippen LogP contribution in [0.4, 0.5) is 0 Å². The fourth-order valence-corrected chi connectivity index (χ4v) is 0.114. The molecule has 0 atom stereocenters. The van der Waals surface area contributed by atoms with Crippen LogP contribution in [-0.2, 0) is 42.3 Å². The molecule has 0 aromatic heterocycles. The molecule has 0 saturated heterocycles. The van der Waals surface area contributed by atoms with Gasteiger partial charge >= 0.3 is 0 Å². The predicted molar refractivity (Wildman–Crippen MR) is 26.9 cm³/mol. The van der Waals surface area contributed by atoms with E-state index in [4.69, 9.17) is 0 Å². The largest absolute Gasteiger partial charge is 0.518 e. The Morgan fingerprint density at radius 2 is 2.25 bits per heavy atom. The summed E-state index contributed by atoms with van der Waals surface area (Å²) in [4.78, 5) is 19.1. The Labute approximate surface area is 75.2 Å². The van der Waals surface area contributed by atoms with Crippen LogP contribution in [0.5, 0.6) is 0 Å². The van der Waals surface area contributed by atoms with Crippen molar-refractivity contribution in [1.82, 2.24) is 10.9 Å². The van der Waals surface area contributed by atoms with Crippen molar-refractivity contribution in [3.05, 3.63) is 0 Å². The van der Waals surface area contributed by atoms with Gasteiger partial charge in [-0.2, -0.15) is 0 Å². The molecule has 0 aliphatic heterocycles. The topological polar surface area (TPSA) is 58.2 Å². The molecule has 4 nitrogen and oxygen atoms in total. The zero-order valence-corrected chi connectivity index (χ0v) is 7.23. The SMILES string of the molecule is CC(=O)NN[C-]=O.[HH].[HH].[Y]. The van der Waals surface area contributed by atoms with E-state index in [9.17, 15) is 9.59 Å². The molecule has 0 spiro atoms. The maximum absolute atomic E-state index is 9.85. The number of amides is 2. The molecule has 0 aliphatic carbocycles. The van der Waals surface area contributed by atoms with Gasteiger partial charge < -0.3 is 15.6 Å². The number of hydrogen-bond donors (Lipinski definition) is 2. The minimum absolute atomic E-state index is 0. The molecule has 0 aliphatic rings. The van der Waals surface area contributed by atoms with Crippen LogP contribution >= 0.6 is 0 Å². The number of carbonyl (C=O) groups excluding carboxylic acids is 2. The van der Waals surface area contributed by atoms with Crippen molar-refractivity contribution in [3.63, 3.8) is 0 Å². The van der Waals surface area contributed by atoms with Crippen LogP contribution in [0, 0.1) is 0 Å². The van der Waals surface area contributed by atoms with Gasteiger partial charge in [0.25, 0.3) is 0 Å². The maximum Gasteiger partial charge on any atom is 0.232 e. The van der Waals surface area contributed by atoms with Gasteiger partial charge in [0.1, 0.15) is 0 Å². The fourth-order valence-electron chi connectivity index (χ4n) is 0.114. The van der Waals surface area contributed by atoms with Crippen molar-refractivity contribution in [1.29, 1.82) is 0 Å².